The molecule has 2 aromatic rings. The summed E-state index contributed by atoms with van der Waals surface area (Å²) in [5.74, 6) is -0.152. The molecular weight excluding hydrogens is 346 g/mol. The van der Waals surface area contributed by atoms with Crippen molar-refractivity contribution in [2.75, 3.05) is 32.8 Å². The number of nitrogens with zero attached hydrogens (tertiary/aromatic N) is 5. The van der Waals surface area contributed by atoms with E-state index in [1.54, 1.807) is 21.8 Å². The fraction of sp³-hybridized carbons (Fsp3) is 0.579. The van der Waals surface area contributed by atoms with Gasteiger partial charge in [-0.2, -0.15) is 5.10 Å². The highest BCUT2D eigenvalue weighted by molar-refractivity contribution is 6.00. The van der Waals surface area contributed by atoms with Crippen LogP contribution in [0.1, 0.15) is 41.6 Å². The second-order valence-electron chi connectivity index (χ2n) is 7.31. The molecule has 2 fully saturated rings. The van der Waals surface area contributed by atoms with E-state index in [1.807, 2.05) is 18.0 Å². The predicted molar refractivity (Wildman–Crippen MR) is 98.4 cm³/mol. The van der Waals surface area contributed by atoms with Crippen LogP contribution in [0.25, 0.3) is 5.65 Å². The minimum Gasteiger partial charge on any atom is -0.365 e. The highest BCUT2D eigenvalue weighted by Crippen LogP contribution is 2.17. The normalized spacial score (nSPS) is 21.3. The number of hydrogen-bond acceptors (Lipinski definition) is 5. The van der Waals surface area contributed by atoms with Gasteiger partial charge in [0.05, 0.1) is 19.3 Å². The molecular formula is C19H25N5O3. The van der Waals surface area contributed by atoms with Gasteiger partial charge in [0, 0.05) is 32.0 Å². The molecule has 27 heavy (non-hydrogen) atoms. The van der Waals surface area contributed by atoms with E-state index in [1.165, 1.54) is 12.8 Å². The van der Waals surface area contributed by atoms with Crippen molar-refractivity contribution >= 4 is 17.5 Å². The van der Waals surface area contributed by atoms with Crippen LogP contribution < -0.4 is 0 Å². The first kappa shape index (κ1) is 17.9. The van der Waals surface area contributed by atoms with Crippen molar-refractivity contribution < 1.29 is 14.3 Å². The lowest BCUT2D eigenvalue weighted by atomic mass is 10.2. The van der Waals surface area contributed by atoms with E-state index >= 15 is 0 Å². The van der Waals surface area contributed by atoms with E-state index in [4.69, 9.17) is 4.74 Å². The largest absolute Gasteiger partial charge is 0.365 e. The van der Waals surface area contributed by atoms with Gasteiger partial charge in [-0.15, -0.1) is 0 Å². The first-order valence-electron chi connectivity index (χ1n) is 9.63. The Morgan fingerprint density at radius 2 is 1.85 bits per heavy atom. The van der Waals surface area contributed by atoms with E-state index < -0.39 is 6.10 Å². The molecule has 2 aliphatic rings. The van der Waals surface area contributed by atoms with Crippen LogP contribution in [0.5, 0.6) is 0 Å². The molecule has 0 bridgehead atoms. The Balaban J connectivity index is 1.48. The van der Waals surface area contributed by atoms with Crippen LogP contribution in [-0.4, -0.2) is 75.1 Å². The second kappa shape index (κ2) is 7.64. The van der Waals surface area contributed by atoms with Crippen LogP contribution in [-0.2, 0) is 9.53 Å². The average molecular weight is 371 g/mol. The zero-order chi connectivity index (χ0) is 18.8. The Morgan fingerprint density at radius 1 is 1.07 bits per heavy atom. The lowest BCUT2D eigenvalue weighted by molar-refractivity contribution is -0.148. The van der Waals surface area contributed by atoms with Gasteiger partial charge in [0.2, 0.25) is 0 Å². The summed E-state index contributed by atoms with van der Waals surface area (Å²) in [6, 6.07) is 0. The van der Waals surface area contributed by atoms with Gasteiger partial charge in [-0.3, -0.25) is 9.59 Å². The van der Waals surface area contributed by atoms with Gasteiger partial charge in [-0.05, 0) is 25.3 Å². The first-order chi connectivity index (χ1) is 13.1. The molecule has 0 unspecified atom stereocenters. The molecule has 1 atom stereocenters. The fourth-order valence-corrected chi connectivity index (χ4v) is 3.77. The molecule has 4 heterocycles. The van der Waals surface area contributed by atoms with Crippen LogP contribution in [0.3, 0.4) is 0 Å². The maximum absolute atomic E-state index is 13.0. The topological polar surface area (TPSA) is 80.0 Å². The number of aryl methyl sites for hydroxylation is 1. The number of hydrogen-bond donors (Lipinski definition) is 0. The summed E-state index contributed by atoms with van der Waals surface area (Å²) in [5.41, 5.74) is 1.96. The maximum atomic E-state index is 13.0. The number of amides is 2. The van der Waals surface area contributed by atoms with Crippen molar-refractivity contribution in [2.24, 2.45) is 0 Å². The van der Waals surface area contributed by atoms with Crippen molar-refractivity contribution in [3.63, 3.8) is 0 Å². The van der Waals surface area contributed by atoms with Gasteiger partial charge in [0.1, 0.15) is 5.56 Å². The summed E-state index contributed by atoms with van der Waals surface area (Å²) in [6.07, 6.45) is 8.93. The summed E-state index contributed by atoms with van der Waals surface area (Å²) >= 11 is 0. The molecule has 0 aliphatic carbocycles. The molecule has 2 amide bonds. The van der Waals surface area contributed by atoms with Gasteiger partial charge in [-0.25, -0.2) is 9.50 Å². The van der Waals surface area contributed by atoms with Crippen LogP contribution in [0.15, 0.2) is 18.6 Å². The average Bonchev–Trinajstić information content (AvgIpc) is 2.91. The van der Waals surface area contributed by atoms with Gasteiger partial charge < -0.3 is 14.5 Å². The number of ether oxygens (including phenoxy) is 1. The number of rotatable bonds is 2. The van der Waals surface area contributed by atoms with Crippen LogP contribution in [0, 0.1) is 6.92 Å². The highest BCUT2D eigenvalue weighted by atomic mass is 16.5. The van der Waals surface area contributed by atoms with Gasteiger partial charge in [0.15, 0.2) is 11.8 Å². The Hall–Kier alpha value is -2.48. The summed E-state index contributed by atoms with van der Waals surface area (Å²) in [7, 11) is 0. The Kier molecular flexibility index (Phi) is 5.07. The quantitative estimate of drug-likeness (QED) is 0.795. The highest BCUT2D eigenvalue weighted by Gasteiger charge is 2.33. The molecule has 0 saturated carbocycles. The zero-order valence-electron chi connectivity index (χ0n) is 15.6. The standard InChI is InChI=1S/C19H25N5O3/c1-14-10-20-17-15(11-21-24(17)12-14)18(25)23-8-9-27-16(13-23)19(26)22-6-4-2-3-5-7-22/h10-12,16H,2-9,13H2,1H3/t16-/m0/s1. The van der Waals surface area contributed by atoms with Gasteiger partial charge in [0.25, 0.3) is 11.8 Å². The summed E-state index contributed by atoms with van der Waals surface area (Å²) in [6.45, 7) is 4.59. The zero-order valence-corrected chi connectivity index (χ0v) is 15.6. The molecule has 4 rings (SSSR count). The molecule has 0 aromatic carbocycles. The van der Waals surface area contributed by atoms with E-state index in [0.717, 1.165) is 31.5 Å². The molecule has 8 nitrogen and oxygen atoms in total. The number of morpholine rings is 1. The fourth-order valence-electron chi connectivity index (χ4n) is 3.77. The summed E-state index contributed by atoms with van der Waals surface area (Å²) in [4.78, 5) is 33.8. The number of fused-ring (bicyclic) bond motifs is 1. The third kappa shape index (κ3) is 3.66. The van der Waals surface area contributed by atoms with E-state index in [0.29, 0.717) is 24.4 Å². The summed E-state index contributed by atoms with van der Waals surface area (Å²) in [5, 5.41) is 4.23. The van der Waals surface area contributed by atoms with Crippen molar-refractivity contribution in [2.45, 2.75) is 38.7 Å². The van der Waals surface area contributed by atoms with E-state index in [9.17, 15) is 9.59 Å². The van der Waals surface area contributed by atoms with Crippen molar-refractivity contribution in [1.29, 1.82) is 0 Å². The van der Waals surface area contributed by atoms with E-state index in [-0.39, 0.29) is 18.4 Å². The van der Waals surface area contributed by atoms with Crippen LogP contribution >= 0.6 is 0 Å². The Labute approximate surface area is 158 Å². The molecule has 2 aromatic heterocycles. The van der Waals surface area contributed by atoms with Crippen LogP contribution in [0.2, 0.25) is 0 Å². The molecule has 0 N–H and O–H groups in total. The van der Waals surface area contributed by atoms with E-state index in [2.05, 4.69) is 10.1 Å². The van der Waals surface area contributed by atoms with Crippen molar-refractivity contribution in [3.05, 3.63) is 29.7 Å². The number of aromatic nitrogens is 3. The monoisotopic (exact) mass is 371 g/mol. The molecule has 2 aliphatic heterocycles. The van der Waals surface area contributed by atoms with Crippen molar-refractivity contribution in [3.8, 4) is 0 Å². The van der Waals surface area contributed by atoms with Gasteiger partial charge in [-0.1, -0.05) is 12.8 Å². The summed E-state index contributed by atoms with van der Waals surface area (Å²) < 4.78 is 7.33. The molecule has 8 heteroatoms. The lowest BCUT2D eigenvalue weighted by Gasteiger charge is -2.34. The third-order valence-electron chi connectivity index (χ3n) is 5.26. The molecule has 0 radical (unpaired) electrons. The Bertz CT molecular complexity index is 841. The minimum absolute atomic E-state index is 0.00279. The third-order valence-corrected chi connectivity index (χ3v) is 5.26. The van der Waals surface area contributed by atoms with Gasteiger partial charge >= 0.3 is 0 Å². The first-order valence-corrected chi connectivity index (χ1v) is 9.63. The predicted octanol–water partition coefficient (Wildman–Crippen LogP) is 1.28. The van der Waals surface area contributed by atoms with Crippen molar-refractivity contribution in [1.82, 2.24) is 24.4 Å². The Morgan fingerprint density at radius 3 is 2.63 bits per heavy atom. The molecule has 144 valence electrons. The number of likely N-dealkylation sites (tertiary alicyclic amines) is 1. The smallest absolute Gasteiger partial charge is 0.259 e. The molecule has 0 spiro atoms. The second-order valence-corrected chi connectivity index (χ2v) is 7.31. The number of carbonyl (C=O) groups is 2. The minimum atomic E-state index is -0.585. The lowest BCUT2D eigenvalue weighted by Crippen LogP contribution is -2.52. The maximum Gasteiger partial charge on any atom is 0.259 e. The van der Waals surface area contributed by atoms with Crippen LogP contribution in [0.4, 0.5) is 0 Å². The number of carbonyl (C=O) groups excluding carboxylic acids is 2. The SMILES string of the molecule is Cc1cnc2c(C(=O)N3CCO[C@H](C(=O)N4CCCCCC4)C3)cnn2c1. The molecule has 2 saturated heterocycles.